The summed E-state index contributed by atoms with van der Waals surface area (Å²) in [5, 5.41) is 16.2. The minimum Gasteiger partial charge on any atom is -0.496 e. The Morgan fingerprint density at radius 3 is 2.16 bits per heavy atom. The monoisotopic (exact) mass is 425 g/mol. The molecule has 6 rings (SSSR count). The first-order valence-electron chi connectivity index (χ1n) is 11.9. The van der Waals surface area contributed by atoms with E-state index in [2.05, 4.69) is 59.9 Å². The zero-order valence-corrected chi connectivity index (χ0v) is 18.7. The molecule has 1 saturated heterocycles. The van der Waals surface area contributed by atoms with E-state index in [0.29, 0.717) is 12.3 Å². The summed E-state index contributed by atoms with van der Waals surface area (Å²) >= 11 is 0. The number of benzene rings is 3. The van der Waals surface area contributed by atoms with Gasteiger partial charge in [-0.3, -0.25) is 0 Å². The fourth-order valence-corrected chi connectivity index (χ4v) is 7.06. The molecule has 1 aliphatic heterocycles. The lowest BCUT2D eigenvalue weighted by Crippen LogP contribution is -2.46. The van der Waals surface area contributed by atoms with Crippen molar-refractivity contribution in [2.24, 2.45) is 5.92 Å². The van der Waals surface area contributed by atoms with Gasteiger partial charge in [-0.25, -0.2) is 0 Å². The highest BCUT2D eigenvalue weighted by Gasteiger charge is 2.57. The van der Waals surface area contributed by atoms with Crippen LogP contribution >= 0.6 is 0 Å². The number of methoxy groups -OCH3 is 1. The SMILES string of the molecule is COc1ccccc1C(O)(CC12CC(c3ccccc31)c1ccccc12)C1CCNCC1. The quantitative estimate of drug-likeness (QED) is 0.597. The summed E-state index contributed by atoms with van der Waals surface area (Å²) in [5.41, 5.74) is 5.51. The van der Waals surface area contributed by atoms with Crippen molar-refractivity contribution in [3.05, 3.63) is 101 Å². The third-order valence-corrected chi connectivity index (χ3v) is 8.42. The summed E-state index contributed by atoms with van der Waals surface area (Å²) in [4.78, 5) is 0. The molecule has 3 aliphatic rings. The maximum atomic E-state index is 12.7. The largest absolute Gasteiger partial charge is 0.496 e. The summed E-state index contributed by atoms with van der Waals surface area (Å²) in [6, 6.07) is 26.0. The Bertz CT molecular complexity index is 1100. The van der Waals surface area contributed by atoms with E-state index in [9.17, 15) is 5.11 Å². The highest BCUT2D eigenvalue weighted by atomic mass is 16.5. The molecule has 0 radical (unpaired) electrons. The van der Waals surface area contributed by atoms with Gasteiger partial charge in [0.25, 0.3) is 0 Å². The van der Waals surface area contributed by atoms with Crippen LogP contribution in [-0.2, 0) is 11.0 Å². The number of hydrogen-bond acceptors (Lipinski definition) is 3. The summed E-state index contributed by atoms with van der Waals surface area (Å²) in [6.07, 6.45) is 3.68. The van der Waals surface area contributed by atoms with Gasteiger partial charge in [0.1, 0.15) is 5.75 Å². The third-order valence-electron chi connectivity index (χ3n) is 8.42. The highest BCUT2D eigenvalue weighted by Crippen LogP contribution is 2.64. The molecule has 1 fully saturated rings. The predicted molar refractivity (Wildman–Crippen MR) is 127 cm³/mol. The molecular weight excluding hydrogens is 394 g/mol. The number of aliphatic hydroxyl groups is 1. The Morgan fingerprint density at radius 2 is 1.50 bits per heavy atom. The number of hydrogen-bond donors (Lipinski definition) is 2. The van der Waals surface area contributed by atoms with Crippen molar-refractivity contribution in [1.29, 1.82) is 0 Å². The summed E-state index contributed by atoms with van der Waals surface area (Å²) in [6.45, 7) is 1.90. The molecule has 1 heterocycles. The van der Waals surface area contributed by atoms with Crippen LogP contribution in [0, 0.1) is 5.92 Å². The number of para-hydroxylation sites is 1. The first-order chi connectivity index (χ1) is 15.7. The Kier molecular flexibility index (Phi) is 4.67. The second-order valence-electron chi connectivity index (χ2n) is 9.84. The lowest BCUT2D eigenvalue weighted by atomic mass is 9.63. The van der Waals surface area contributed by atoms with Crippen LogP contribution in [0.5, 0.6) is 5.75 Å². The van der Waals surface area contributed by atoms with E-state index in [1.807, 2.05) is 18.2 Å². The lowest BCUT2D eigenvalue weighted by molar-refractivity contribution is -0.0579. The van der Waals surface area contributed by atoms with Crippen LogP contribution in [0.25, 0.3) is 0 Å². The third kappa shape index (κ3) is 2.74. The lowest BCUT2D eigenvalue weighted by Gasteiger charge is -2.45. The molecule has 164 valence electrons. The van der Waals surface area contributed by atoms with Crippen molar-refractivity contribution >= 4 is 0 Å². The fraction of sp³-hybridized carbons (Fsp3) is 0.379. The second-order valence-corrected chi connectivity index (χ2v) is 9.84. The molecule has 32 heavy (non-hydrogen) atoms. The van der Waals surface area contributed by atoms with Gasteiger partial charge >= 0.3 is 0 Å². The Hall–Kier alpha value is -2.62. The fourth-order valence-electron chi connectivity index (χ4n) is 7.06. The molecule has 1 unspecified atom stereocenters. The van der Waals surface area contributed by atoms with E-state index in [1.54, 1.807) is 7.11 Å². The van der Waals surface area contributed by atoms with Gasteiger partial charge in [-0.2, -0.15) is 0 Å². The summed E-state index contributed by atoms with van der Waals surface area (Å²) < 4.78 is 5.79. The van der Waals surface area contributed by atoms with E-state index in [-0.39, 0.29) is 11.3 Å². The van der Waals surface area contributed by atoms with Gasteiger partial charge in [0.05, 0.1) is 12.7 Å². The van der Waals surface area contributed by atoms with Crippen molar-refractivity contribution in [2.75, 3.05) is 20.2 Å². The number of ether oxygens (including phenoxy) is 1. The molecule has 0 spiro atoms. The van der Waals surface area contributed by atoms with Gasteiger partial charge < -0.3 is 15.2 Å². The van der Waals surface area contributed by atoms with Gasteiger partial charge in [-0.1, -0.05) is 66.7 Å². The molecule has 3 heteroatoms. The van der Waals surface area contributed by atoms with Crippen LogP contribution in [0.3, 0.4) is 0 Å². The average molecular weight is 426 g/mol. The standard InChI is InChI=1S/C29H31NO2/c1-32-27-13-7-6-12-26(27)29(31,20-14-16-30-17-15-20)19-28-18-23(21-8-2-4-10-24(21)28)22-9-3-5-11-25(22)28/h2-13,20,23,30-31H,14-19H2,1H3. The van der Waals surface area contributed by atoms with Crippen molar-refractivity contribution < 1.29 is 9.84 Å². The predicted octanol–water partition coefficient (Wildman–Crippen LogP) is 5.11. The van der Waals surface area contributed by atoms with Crippen LogP contribution in [0.1, 0.15) is 59.4 Å². The van der Waals surface area contributed by atoms with Gasteiger partial charge in [0.15, 0.2) is 0 Å². The van der Waals surface area contributed by atoms with E-state index in [4.69, 9.17) is 4.74 Å². The molecule has 0 saturated carbocycles. The molecule has 2 aliphatic carbocycles. The maximum absolute atomic E-state index is 12.7. The van der Waals surface area contributed by atoms with Crippen molar-refractivity contribution in [2.45, 2.75) is 42.6 Å². The number of piperidine rings is 1. The average Bonchev–Trinajstić information content (AvgIpc) is 3.36. The van der Waals surface area contributed by atoms with Crippen LogP contribution in [0.2, 0.25) is 0 Å². The van der Waals surface area contributed by atoms with E-state index in [0.717, 1.165) is 43.7 Å². The first kappa shape index (κ1) is 20.0. The molecule has 0 amide bonds. The van der Waals surface area contributed by atoms with Crippen LogP contribution in [0.15, 0.2) is 72.8 Å². The molecular formula is C29H31NO2. The summed E-state index contributed by atoms with van der Waals surface area (Å²) in [5.74, 6) is 1.41. The van der Waals surface area contributed by atoms with E-state index < -0.39 is 5.60 Å². The van der Waals surface area contributed by atoms with Crippen molar-refractivity contribution in [3.63, 3.8) is 0 Å². The zero-order chi connectivity index (χ0) is 21.8. The molecule has 1 atom stereocenters. The van der Waals surface area contributed by atoms with E-state index >= 15 is 0 Å². The Morgan fingerprint density at radius 1 is 0.906 bits per heavy atom. The number of fused-ring (bicyclic) bond motifs is 8. The van der Waals surface area contributed by atoms with Crippen molar-refractivity contribution in [3.8, 4) is 5.75 Å². The first-order valence-corrected chi connectivity index (χ1v) is 11.9. The van der Waals surface area contributed by atoms with Crippen LogP contribution in [-0.4, -0.2) is 25.3 Å². The minimum atomic E-state index is -0.964. The molecule has 3 nitrogen and oxygen atoms in total. The molecule has 2 N–H and O–H groups in total. The van der Waals surface area contributed by atoms with Gasteiger partial charge in [-0.15, -0.1) is 0 Å². The number of rotatable bonds is 5. The Balaban J connectivity index is 1.55. The van der Waals surface area contributed by atoms with Gasteiger partial charge in [0.2, 0.25) is 0 Å². The van der Waals surface area contributed by atoms with Gasteiger partial charge in [-0.05, 0) is 73.0 Å². The van der Waals surface area contributed by atoms with Crippen molar-refractivity contribution in [1.82, 2.24) is 5.32 Å². The molecule has 2 bridgehead atoms. The Labute approximate surface area is 190 Å². The van der Waals surface area contributed by atoms with Gasteiger partial charge in [0, 0.05) is 16.9 Å². The highest BCUT2D eigenvalue weighted by molar-refractivity contribution is 5.63. The molecule has 3 aromatic rings. The normalized spacial score (nSPS) is 25.8. The second kappa shape index (κ2) is 7.47. The zero-order valence-electron chi connectivity index (χ0n) is 18.7. The smallest absolute Gasteiger partial charge is 0.124 e. The van der Waals surface area contributed by atoms with E-state index in [1.165, 1.54) is 22.3 Å². The summed E-state index contributed by atoms with van der Waals surface area (Å²) in [7, 11) is 1.71. The van der Waals surface area contributed by atoms with Crippen LogP contribution in [0.4, 0.5) is 0 Å². The maximum Gasteiger partial charge on any atom is 0.124 e. The van der Waals surface area contributed by atoms with Crippen LogP contribution < -0.4 is 10.1 Å². The topological polar surface area (TPSA) is 41.5 Å². The minimum absolute atomic E-state index is 0.168. The molecule has 3 aromatic carbocycles. The number of nitrogens with one attached hydrogen (secondary N) is 1. The molecule has 0 aromatic heterocycles.